The van der Waals surface area contributed by atoms with Crippen LogP contribution in [0, 0.1) is 6.92 Å². The molecule has 3 heteroatoms. The Kier molecular flexibility index (Phi) is 4.08. The molecule has 2 nitrogen and oxygen atoms in total. The van der Waals surface area contributed by atoms with E-state index in [0.717, 1.165) is 12.3 Å². The van der Waals surface area contributed by atoms with E-state index in [9.17, 15) is 0 Å². The van der Waals surface area contributed by atoms with Crippen LogP contribution >= 0.6 is 11.3 Å². The Balaban J connectivity index is 1.67. The van der Waals surface area contributed by atoms with Crippen LogP contribution in [0.1, 0.15) is 32.9 Å². The average Bonchev–Trinajstić information content (AvgIpc) is 3.03. The molecule has 0 atom stereocenters. The summed E-state index contributed by atoms with van der Waals surface area (Å²) in [7, 11) is 1.98. The summed E-state index contributed by atoms with van der Waals surface area (Å²) in [6.07, 6.45) is 3.72. The molecule has 1 aromatic heterocycles. The van der Waals surface area contributed by atoms with Gasteiger partial charge in [-0.3, -0.25) is 0 Å². The van der Waals surface area contributed by atoms with Crippen molar-refractivity contribution in [3.63, 3.8) is 0 Å². The molecule has 0 fully saturated rings. The fourth-order valence-corrected chi connectivity index (χ4v) is 3.85. The van der Waals surface area contributed by atoms with Crippen molar-refractivity contribution in [2.75, 3.05) is 7.05 Å². The molecule has 0 aliphatic heterocycles. The fraction of sp³-hybridized carbons (Fsp3) is 0.412. The summed E-state index contributed by atoms with van der Waals surface area (Å²) in [5.74, 6) is 1.01. The van der Waals surface area contributed by atoms with Crippen LogP contribution < -0.4 is 10.1 Å². The largest absolute Gasteiger partial charge is 0.489 e. The molecule has 1 aliphatic rings. The third-order valence-electron chi connectivity index (χ3n) is 3.89. The molecule has 0 radical (unpaired) electrons. The number of aryl methyl sites for hydroxylation is 3. The van der Waals surface area contributed by atoms with Crippen molar-refractivity contribution in [3.05, 3.63) is 50.7 Å². The molecule has 0 saturated heterocycles. The zero-order valence-corrected chi connectivity index (χ0v) is 13.0. The molecule has 1 aliphatic carbocycles. The van der Waals surface area contributed by atoms with Crippen LogP contribution in [0.2, 0.25) is 0 Å². The summed E-state index contributed by atoms with van der Waals surface area (Å²) in [6, 6.07) is 8.81. The van der Waals surface area contributed by atoms with Crippen molar-refractivity contribution < 1.29 is 4.74 Å². The van der Waals surface area contributed by atoms with E-state index >= 15 is 0 Å². The van der Waals surface area contributed by atoms with E-state index in [1.165, 1.54) is 45.7 Å². The van der Waals surface area contributed by atoms with Crippen LogP contribution in [-0.2, 0) is 26.0 Å². The van der Waals surface area contributed by atoms with Crippen molar-refractivity contribution in [2.24, 2.45) is 0 Å². The van der Waals surface area contributed by atoms with Gasteiger partial charge in [-0.25, -0.2) is 0 Å². The second kappa shape index (κ2) is 5.98. The van der Waals surface area contributed by atoms with Crippen molar-refractivity contribution in [1.82, 2.24) is 5.32 Å². The molecule has 1 N–H and O–H groups in total. The molecule has 106 valence electrons. The van der Waals surface area contributed by atoms with E-state index < -0.39 is 0 Å². The first-order valence-electron chi connectivity index (χ1n) is 7.23. The maximum atomic E-state index is 5.98. The molecule has 0 amide bonds. The van der Waals surface area contributed by atoms with Gasteiger partial charge in [0.05, 0.1) is 0 Å². The summed E-state index contributed by atoms with van der Waals surface area (Å²) in [5, 5.41) is 3.20. The Labute approximate surface area is 124 Å². The fourth-order valence-electron chi connectivity index (χ4n) is 2.79. The normalized spacial score (nSPS) is 13.5. The highest BCUT2D eigenvalue weighted by Gasteiger charge is 2.12. The van der Waals surface area contributed by atoms with Gasteiger partial charge in [-0.15, -0.1) is 11.3 Å². The molecule has 1 aromatic carbocycles. The minimum absolute atomic E-state index is 0.671. The van der Waals surface area contributed by atoms with Gasteiger partial charge < -0.3 is 10.1 Å². The zero-order chi connectivity index (χ0) is 13.9. The molecule has 0 unspecified atom stereocenters. The number of thiophene rings is 1. The summed E-state index contributed by atoms with van der Waals surface area (Å²) < 4.78 is 5.98. The van der Waals surface area contributed by atoms with Gasteiger partial charge >= 0.3 is 0 Å². The van der Waals surface area contributed by atoms with Crippen molar-refractivity contribution >= 4 is 11.3 Å². The van der Waals surface area contributed by atoms with Gasteiger partial charge in [0.25, 0.3) is 0 Å². The van der Waals surface area contributed by atoms with Crippen LogP contribution in [0.25, 0.3) is 0 Å². The van der Waals surface area contributed by atoms with Gasteiger partial charge in [-0.1, -0.05) is 6.07 Å². The third-order valence-corrected chi connectivity index (χ3v) is 4.98. The standard InChI is InChI=1S/C17H21NOS/c1-12-15(9-17(20-12)10-18-2)11-19-16-7-6-13-4-3-5-14(13)8-16/h6-9,18H,3-5,10-11H2,1-2H3. The second-order valence-electron chi connectivity index (χ2n) is 5.40. The molecule has 1 heterocycles. The van der Waals surface area contributed by atoms with Gasteiger partial charge in [-0.2, -0.15) is 0 Å². The molecule has 0 saturated carbocycles. The lowest BCUT2D eigenvalue weighted by molar-refractivity contribution is 0.305. The SMILES string of the molecule is CNCc1cc(COc2ccc3c(c2)CCC3)c(C)s1. The van der Waals surface area contributed by atoms with Crippen molar-refractivity contribution in [2.45, 2.75) is 39.3 Å². The van der Waals surface area contributed by atoms with Gasteiger partial charge in [0.15, 0.2) is 0 Å². The first-order valence-corrected chi connectivity index (χ1v) is 8.05. The lowest BCUT2D eigenvalue weighted by Gasteiger charge is -2.08. The summed E-state index contributed by atoms with van der Waals surface area (Å²) in [5.41, 5.74) is 4.28. The quantitative estimate of drug-likeness (QED) is 0.902. The zero-order valence-electron chi connectivity index (χ0n) is 12.2. The van der Waals surface area contributed by atoms with E-state index in [1.807, 2.05) is 18.4 Å². The minimum Gasteiger partial charge on any atom is -0.489 e. The Hall–Kier alpha value is -1.32. The monoisotopic (exact) mass is 287 g/mol. The molecule has 0 bridgehead atoms. The van der Waals surface area contributed by atoms with Crippen LogP contribution in [0.3, 0.4) is 0 Å². The predicted molar refractivity (Wildman–Crippen MR) is 84.6 cm³/mol. The number of benzene rings is 1. The minimum atomic E-state index is 0.671. The summed E-state index contributed by atoms with van der Waals surface area (Å²) in [4.78, 5) is 2.73. The van der Waals surface area contributed by atoms with Crippen LogP contribution in [-0.4, -0.2) is 7.05 Å². The highest BCUT2D eigenvalue weighted by molar-refractivity contribution is 7.12. The molecule has 2 aromatic rings. The first kappa shape index (κ1) is 13.7. The number of hydrogen-bond donors (Lipinski definition) is 1. The lowest BCUT2D eigenvalue weighted by Crippen LogP contribution is -2.02. The van der Waals surface area contributed by atoms with Gasteiger partial charge in [0.2, 0.25) is 0 Å². The van der Waals surface area contributed by atoms with E-state index in [-0.39, 0.29) is 0 Å². The topological polar surface area (TPSA) is 21.3 Å². The van der Waals surface area contributed by atoms with Crippen LogP contribution in [0.5, 0.6) is 5.75 Å². The van der Waals surface area contributed by atoms with E-state index in [0.29, 0.717) is 6.61 Å². The number of rotatable bonds is 5. The van der Waals surface area contributed by atoms with Crippen molar-refractivity contribution in [3.8, 4) is 5.75 Å². The first-order chi connectivity index (χ1) is 9.76. The van der Waals surface area contributed by atoms with E-state index in [2.05, 4.69) is 36.5 Å². The number of ether oxygens (including phenoxy) is 1. The predicted octanol–water partition coefficient (Wildman–Crippen LogP) is 3.84. The van der Waals surface area contributed by atoms with E-state index in [1.54, 1.807) is 0 Å². The van der Waals surface area contributed by atoms with E-state index in [4.69, 9.17) is 4.74 Å². The second-order valence-corrected chi connectivity index (χ2v) is 6.74. The maximum Gasteiger partial charge on any atom is 0.120 e. The summed E-state index contributed by atoms with van der Waals surface area (Å²) in [6.45, 7) is 3.78. The van der Waals surface area contributed by atoms with Crippen LogP contribution in [0.15, 0.2) is 24.3 Å². The number of nitrogens with one attached hydrogen (secondary N) is 1. The highest BCUT2D eigenvalue weighted by atomic mass is 32.1. The highest BCUT2D eigenvalue weighted by Crippen LogP contribution is 2.27. The molecular weight excluding hydrogens is 266 g/mol. The van der Waals surface area contributed by atoms with Crippen molar-refractivity contribution in [1.29, 1.82) is 0 Å². The Morgan fingerprint density at radius 3 is 2.90 bits per heavy atom. The number of fused-ring (bicyclic) bond motifs is 1. The number of hydrogen-bond acceptors (Lipinski definition) is 3. The third kappa shape index (κ3) is 2.89. The molecule has 0 spiro atoms. The lowest BCUT2D eigenvalue weighted by atomic mass is 10.1. The Morgan fingerprint density at radius 1 is 1.20 bits per heavy atom. The average molecular weight is 287 g/mol. The molecular formula is C17H21NOS. The molecule has 20 heavy (non-hydrogen) atoms. The van der Waals surface area contributed by atoms with Gasteiger partial charge in [0.1, 0.15) is 12.4 Å². The summed E-state index contributed by atoms with van der Waals surface area (Å²) >= 11 is 1.85. The Bertz CT molecular complexity index is 603. The maximum absolute atomic E-state index is 5.98. The van der Waals surface area contributed by atoms with Gasteiger partial charge in [0, 0.05) is 21.9 Å². The Morgan fingerprint density at radius 2 is 2.05 bits per heavy atom. The molecule has 3 rings (SSSR count). The van der Waals surface area contributed by atoms with Gasteiger partial charge in [-0.05, 0) is 62.6 Å². The smallest absolute Gasteiger partial charge is 0.120 e. The van der Waals surface area contributed by atoms with Crippen LogP contribution in [0.4, 0.5) is 0 Å².